The van der Waals surface area contributed by atoms with E-state index in [1.807, 2.05) is 6.07 Å². The Labute approximate surface area is 117 Å². The maximum atomic E-state index is 12.3. The minimum absolute atomic E-state index is 0.160. The van der Waals surface area contributed by atoms with E-state index in [1.165, 1.54) is 12.1 Å². The van der Waals surface area contributed by atoms with Crippen LogP contribution in [0.5, 0.6) is 0 Å². The molecule has 0 bridgehead atoms. The average Bonchev–Trinajstić information content (AvgIpc) is 2.39. The van der Waals surface area contributed by atoms with E-state index in [0.717, 1.165) is 0 Å². The van der Waals surface area contributed by atoms with Gasteiger partial charge in [0.2, 0.25) is 0 Å². The highest BCUT2D eigenvalue weighted by molar-refractivity contribution is 7.90. The zero-order valence-corrected chi connectivity index (χ0v) is 11.4. The maximum Gasteiger partial charge on any atom is 0.182 e. The fraction of sp³-hybridized carbons (Fsp3) is 0.0714. The van der Waals surface area contributed by atoms with Crippen LogP contribution in [-0.2, 0) is 15.6 Å². The zero-order chi connectivity index (χ0) is 13.9. The number of halogens is 1. The number of benzene rings is 2. The van der Waals surface area contributed by atoms with Crippen LogP contribution in [0.4, 0.5) is 0 Å². The molecule has 0 atom stereocenters. The molecule has 2 rings (SSSR count). The first-order chi connectivity index (χ1) is 9.03. The molecule has 0 radical (unpaired) electrons. The quantitative estimate of drug-likeness (QED) is 0.872. The van der Waals surface area contributed by atoms with Crippen LogP contribution in [0.3, 0.4) is 0 Å². The summed E-state index contributed by atoms with van der Waals surface area (Å²) in [6.07, 6.45) is 0. The first kappa shape index (κ1) is 13.6. The third-order valence-electron chi connectivity index (χ3n) is 2.64. The predicted molar refractivity (Wildman–Crippen MR) is 73.5 cm³/mol. The molecule has 2 aromatic carbocycles. The topological polar surface area (TPSA) is 57.9 Å². The second kappa shape index (κ2) is 5.43. The molecule has 2 aromatic rings. The Balaban J connectivity index is 2.40. The maximum absolute atomic E-state index is 12.3. The van der Waals surface area contributed by atoms with E-state index < -0.39 is 9.84 Å². The van der Waals surface area contributed by atoms with Crippen LogP contribution >= 0.6 is 11.6 Å². The lowest BCUT2D eigenvalue weighted by Crippen LogP contribution is -2.06. The molecule has 19 heavy (non-hydrogen) atoms. The third kappa shape index (κ3) is 3.14. The summed E-state index contributed by atoms with van der Waals surface area (Å²) in [6.45, 7) is 0. The van der Waals surface area contributed by atoms with Gasteiger partial charge in [0.15, 0.2) is 9.84 Å². The van der Waals surface area contributed by atoms with Crippen LogP contribution in [0.15, 0.2) is 53.4 Å². The normalized spacial score (nSPS) is 10.9. The van der Waals surface area contributed by atoms with Gasteiger partial charge in [-0.3, -0.25) is 0 Å². The molecule has 0 spiro atoms. The summed E-state index contributed by atoms with van der Waals surface area (Å²) in [4.78, 5) is 0.160. The zero-order valence-electron chi connectivity index (χ0n) is 9.88. The number of hydrogen-bond acceptors (Lipinski definition) is 3. The van der Waals surface area contributed by atoms with E-state index in [2.05, 4.69) is 0 Å². The van der Waals surface area contributed by atoms with Gasteiger partial charge >= 0.3 is 0 Å². The van der Waals surface area contributed by atoms with Gasteiger partial charge in [0, 0.05) is 5.02 Å². The molecule has 0 aliphatic carbocycles. The monoisotopic (exact) mass is 291 g/mol. The van der Waals surface area contributed by atoms with Crippen molar-refractivity contribution in [1.29, 1.82) is 5.26 Å². The van der Waals surface area contributed by atoms with E-state index in [-0.39, 0.29) is 10.6 Å². The molecule has 3 nitrogen and oxygen atoms in total. The lowest BCUT2D eigenvalue weighted by Gasteiger charge is -2.06. The first-order valence-corrected chi connectivity index (χ1v) is 7.52. The second-order valence-electron chi connectivity index (χ2n) is 3.99. The lowest BCUT2D eigenvalue weighted by molar-refractivity contribution is 0.595. The van der Waals surface area contributed by atoms with Gasteiger partial charge < -0.3 is 0 Å². The molecule has 0 aliphatic heterocycles. The summed E-state index contributed by atoms with van der Waals surface area (Å²) in [5.41, 5.74) is 0.859. The van der Waals surface area contributed by atoms with Crippen LogP contribution < -0.4 is 0 Å². The molecule has 5 heteroatoms. The second-order valence-corrected chi connectivity index (χ2v) is 6.41. The summed E-state index contributed by atoms with van der Waals surface area (Å²) >= 11 is 5.80. The van der Waals surface area contributed by atoms with Crippen LogP contribution in [0.25, 0.3) is 0 Å². The summed E-state index contributed by atoms with van der Waals surface area (Å²) in [7, 11) is -3.50. The van der Waals surface area contributed by atoms with Crippen molar-refractivity contribution in [3.63, 3.8) is 0 Å². The molecule has 0 saturated carbocycles. The Morgan fingerprint density at radius 1 is 1.11 bits per heavy atom. The first-order valence-electron chi connectivity index (χ1n) is 5.49. The Bertz CT molecular complexity index is 748. The van der Waals surface area contributed by atoms with Crippen molar-refractivity contribution in [3.05, 3.63) is 64.7 Å². The molecule has 0 unspecified atom stereocenters. The molecular weight excluding hydrogens is 282 g/mol. The number of rotatable bonds is 3. The lowest BCUT2D eigenvalue weighted by atomic mass is 10.1. The highest BCUT2D eigenvalue weighted by Crippen LogP contribution is 2.21. The third-order valence-corrected chi connectivity index (χ3v) is 4.54. The molecular formula is C14H10ClNO2S. The van der Waals surface area contributed by atoms with Crippen LogP contribution in [0, 0.1) is 11.3 Å². The van der Waals surface area contributed by atoms with E-state index in [0.29, 0.717) is 16.1 Å². The van der Waals surface area contributed by atoms with Gasteiger partial charge in [0.1, 0.15) is 0 Å². The molecule has 96 valence electrons. The van der Waals surface area contributed by atoms with Crippen molar-refractivity contribution in [2.24, 2.45) is 0 Å². The van der Waals surface area contributed by atoms with Crippen LogP contribution in [0.1, 0.15) is 11.1 Å². The Morgan fingerprint density at radius 3 is 2.53 bits per heavy atom. The van der Waals surface area contributed by atoms with Gasteiger partial charge in [-0.2, -0.15) is 5.26 Å². The van der Waals surface area contributed by atoms with Gasteiger partial charge in [-0.05, 0) is 29.8 Å². The van der Waals surface area contributed by atoms with E-state index in [1.54, 1.807) is 36.4 Å². The standard InChI is InChI=1S/C14H10ClNO2S/c15-13-6-3-7-14(8-13)19(17,18)10-12-5-2-1-4-11(12)9-16/h1-8H,10H2. The summed E-state index contributed by atoms with van der Waals surface area (Å²) in [6, 6.07) is 14.8. The molecule has 0 N–H and O–H groups in total. The molecule has 0 heterocycles. The van der Waals surface area contributed by atoms with Crippen LogP contribution in [0.2, 0.25) is 5.02 Å². The van der Waals surface area contributed by atoms with Crippen molar-refractivity contribution in [1.82, 2.24) is 0 Å². The van der Waals surface area contributed by atoms with Gasteiger partial charge in [-0.25, -0.2) is 8.42 Å². The number of sulfone groups is 1. The van der Waals surface area contributed by atoms with Gasteiger partial charge in [0.25, 0.3) is 0 Å². The predicted octanol–water partition coefficient (Wildman–Crippen LogP) is 3.19. The molecule has 0 aliphatic rings. The summed E-state index contributed by atoms with van der Waals surface area (Å²) in [5, 5.41) is 9.33. The largest absolute Gasteiger partial charge is 0.223 e. The Morgan fingerprint density at radius 2 is 1.84 bits per heavy atom. The highest BCUT2D eigenvalue weighted by Gasteiger charge is 2.17. The fourth-order valence-corrected chi connectivity index (χ4v) is 3.38. The highest BCUT2D eigenvalue weighted by atomic mass is 35.5. The molecule has 0 amide bonds. The van der Waals surface area contributed by atoms with Gasteiger partial charge in [0.05, 0.1) is 22.3 Å². The van der Waals surface area contributed by atoms with Gasteiger partial charge in [-0.15, -0.1) is 0 Å². The van der Waals surface area contributed by atoms with Gasteiger partial charge in [-0.1, -0.05) is 35.9 Å². The summed E-state index contributed by atoms with van der Waals surface area (Å²) < 4.78 is 24.5. The Kier molecular flexibility index (Phi) is 3.89. The minimum atomic E-state index is -3.50. The summed E-state index contributed by atoms with van der Waals surface area (Å²) in [5.74, 6) is -0.211. The van der Waals surface area contributed by atoms with Crippen molar-refractivity contribution < 1.29 is 8.42 Å². The number of hydrogen-bond donors (Lipinski definition) is 0. The number of nitriles is 1. The smallest absolute Gasteiger partial charge is 0.182 e. The van der Waals surface area contributed by atoms with E-state index >= 15 is 0 Å². The van der Waals surface area contributed by atoms with Crippen molar-refractivity contribution in [2.75, 3.05) is 0 Å². The minimum Gasteiger partial charge on any atom is -0.223 e. The SMILES string of the molecule is N#Cc1ccccc1CS(=O)(=O)c1cccc(Cl)c1. The van der Waals surface area contributed by atoms with Crippen molar-refractivity contribution in [2.45, 2.75) is 10.6 Å². The molecule has 0 saturated heterocycles. The molecule has 0 aromatic heterocycles. The fourth-order valence-electron chi connectivity index (χ4n) is 1.70. The Hall–Kier alpha value is -1.83. The van der Waals surface area contributed by atoms with Crippen LogP contribution in [-0.4, -0.2) is 8.42 Å². The molecule has 0 fully saturated rings. The number of nitrogens with zero attached hydrogens (tertiary/aromatic N) is 1. The van der Waals surface area contributed by atoms with E-state index in [9.17, 15) is 8.42 Å². The van der Waals surface area contributed by atoms with Crippen molar-refractivity contribution in [3.8, 4) is 6.07 Å². The van der Waals surface area contributed by atoms with E-state index in [4.69, 9.17) is 16.9 Å². The average molecular weight is 292 g/mol. The van der Waals surface area contributed by atoms with Crippen molar-refractivity contribution >= 4 is 21.4 Å².